The summed E-state index contributed by atoms with van der Waals surface area (Å²) in [5, 5.41) is 8.33. The molecule has 0 aliphatic rings. The minimum Gasteiger partial charge on any atom is -0.192 e. The van der Waals surface area contributed by atoms with Crippen molar-refractivity contribution in [3.63, 3.8) is 0 Å². The SMILES string of the molecule is CCC=CCCCCCCCCCCCCCCCCCC=[C]C#N. The lowest BCUT2D eigenvalue weighted by molar-refractivity contribution is 0.531. The molecule has 0 aliphatic carbocycles. The van der Waals surface area contributed by atoms with Crippen molar-refractivity contribution in [3.8, 4) is 6.07 Å². The van der Waals surface area contributed by atoms with Crippen LogP contribution in [0.2, 0.25) is 0 Å². The molecule has 0 aromatic rings. The Kier molecular flexibility index (Phi) is 22.0. The lowest BCUT2D eigenvalue weighted by Gasteiger charge is -2.03. The molecule has 1 nitrogen and oxygen atoms in total. The minimum atomic E-state index is 1.02. The number of hydrogen-bond donors (Lipinski definition) is 0. The summed E-state index contributed by atoms with van der Waals surface area (Å²) in [6.07, 6.45) is 33.5. The highest BCUT2D eigenvalue weighted by Gasteiger charge is 1.94. The van der Waals surface area contributed by atoms with Gasteiger partial charge in [-0.1, -0.05) is 109 Å². The van der Waals surface area contributed by atoms with Crippen molar-refractivity contribution < 1.29 is 0 Å². The summed E-state index contributed by atoms with van der Waals surface area (Å²) >= 11 is 0. The smallest absolute Gasteiger partial charge is 0.100 e. The van der Waals surface area contributed by atoms with E-state index in [2.05, 4.69) is 25.2 Å². The van der Waals surface area contributed by atoms with Crippen LogP contribution in [-0.2, 0) is 0 Å². The van der Waals surface area contributed by atoms with E-state index in [1.807, 2.05) is 12.1 Å². The van der Waals surface area contributed by atoms with Crippen LogP contribution >= 0.6 is 0 Å². The molecule has 0 spiro atoms. The monoisotopic (exact) mass is 344 g/mol. The molecule has 0 heterocycles. The first-order chi connectivity index (χ1) is 12.4. The van der Waals surface area contributed by atoms with Crippen molar-refractivity contribution in [2.45, 2.75) is 122 Å². The van der Waals surface area contributed by atoms with Gasteiger partial charge in [0.2, 0.25) is 0 Å². The first kappa shape index (κ1) is 24.0. The standard InChI is InChI=1S/C24H42N/c1-2-3-4-5-6-7-8-9-10-11-12-13-14-15-16-17-18-19-20-21-22-23-24-25/h3-4,22H,2,5-21H2,1H3. The van der Waals surface area contributed by atoms with Crippen molar-refractivity contribution in [2.75, 3.05) is 0 Å². The number of nitriles is 1. The van der Waals surface area contributed by atoms with E-state index in [0.29, 0.717) is 0 Å². The predicted molar refractivity (Wildman–Crippen MR) is 111 cm³/mol. The van der Waals surface area contributed by atoms with Crippen LogP contribution in [0.15, 0.2) is 18.2 Å². The van der Waals surface area contributed by atoms with Gasteiger partial charge in [0.1, 0.15) is 6.07 Å². The Hall–Kier alpha value is -1.03. The van der Waals surface area contributed by atoms with Gasteiger partial charge < -0.3 is 0 Å². The predicted octanol–water partition coefficient (Wildman–Crippen LogP) is 8.47. The average Bonchev–Trinajstić information content (AvgIpc) is 2.63. The molecular formula is C24H42N. The van der Waals surface area contributed by atoms with Gasteiger partial charge in [0.15, 0.2) is 0 Å². The number of allylic oxidation sites excluding steroid dienone is 4. The van der Waals surface area contributed by atoms with Gasteiger partial charge >= 0.3 is 0 Å². The van der Waals surface area contributed by atoms with Crippen LogP contribution < -0.4 is 0 Å². The minimum absolute atomic E-state index is 1.02. The van der Waals surface area contributed by atoms with E-state index in [0.717, 1.165) is 6.42 Å². The van der Waals surface area contributed by atoms with E-state index in [9.17, 15) is 0 Å². The second-order valence-electron chi connectivity index (χ2n) is 7.22. The van der Waals surface area contributed by atoms with Crippen LogP contribution in [0.1, 0.15) is 122 Å². The Labute approximate surface area is 158 Å². The zero-order valence-electron chi connectivity index (χ0n) is 16.9. The van der Waals surface area contributed by atoms with Gasteiger partial charge in [0, 0.05) is 0 Å². The lowest BCUT2D eigenvalue weighted by atomic mass is 10.0. The molecular weight excluding hydrogens is 302 g/mol. The third kappa shape index (κ3) is 23.0. The second kappa shape index (κ2) is 23.0. The van der Waals surface area contributed by atoms with E-state index in [4.69, 9.17) is 5.26 Å². The molecule has 1 heteroatoms. The van der Waals surface area contributed by atoms with Crippen molar-refractivity contribution in [1.29, 1.82) is 5.26 Å². The summed E-state index contributed by atoms with van der Waals surface area (Å²) in [6.45, 7) is 2.20. The van der Waals surface area contributed by atoms with Crippen molar-refractivity contribution in [1.82, 2.24) is 0 Å². The molecule has 0 atom stereocenters. The fourth-order valence-corrected chi connectivity index (χ4v) is 3.21. The summed E-state index contributed by atoms with van der Waals surface area (Å²) in [6, 6.07) is 1.92. The Morgan fingerprint density at radius 3 is 1.36 bits per heavy atom. The van der Waals surface area contributed by atoms with Crippen LogP contribution in [0.25, 0.3) is 0 Å². The molecule has 0 aliphatic heterocycles. The first-order valence-electron chi connectivity index (χ1n) is 11.0. The summed E-state index contributed by atoms with van der Waals surface area (Å²) in [7, 11) is 0. The average molecular weight is 345 g/mol. The topological polar surface area (TPSA) is 23.8 Å². The quantitative estimate of drug-likeness (QED) is 0.131. The third-order valence-electron chi connectivity index (χ3n) is 4.79. The zero-order valence-corrected chi connectivity index (χ0v) is 16.9. The molecule has 0 amide bonds. The molecule has 25 heavy (non-hydrogen) atoms. The number of hydrogen-bond acceptors (Lipinski definition) is 1. The Morgan fingerprint density at radius 2 is 0.960 bits per heavy atom. The van der Waals surface area contributed by atoms with Gasteiger partial charge in [-0.05, 0) is 32.1 Å². The van der Waals surface area contributed by atoms with Crippen LogP contribution in [0.5, 0.6) is 0 Å². The molecule has 0 N–H and O–H groups in total. The molecule has 0 fully saturated rings. The Bertz CT molecular complexity index is 334. The van der Waals surface area contributed by atoms with E-state index in [-0.39, 0.29) is 0 Å². The molecule has 0 saturated carbocycles. The fraction of sp³-hybridized carbons (Fsp3) is 0.792. The van der Waals surface area contributed by atoms with Crippen molar-refractivity contribution in [2.24, 2.45) is 0 Å². The maximum atomic E-state index is 8.33. The number of unbranched alkanes of at least 4 members (excludes halogenated alkanes) is 16. The van der Waals surface area contributed by atoms with E-state index < -0.39 is 0 Å². The molecule has 0 aromatic heterocycles. The summed E-state index contributed by atoms with van der Waals surface area (Å²) in [5.74, 6) is 0. The highest BCUT2D eigenvalue weighted by atomic mass is 14.2. The van der Waals surface area contributed by atoms with Gasteiger partial charge in [-0.25, -0.2) is 0 Å². The van der Waals surface area contributed by atoms with Gasteiger partial charge in [-0.2, -0.15) is 5.26 Å². The molecule has 0 saturated heterocycles. The van der Waals surface area contributed by atoms with Gasteiger partial charge in [0.05, 0.1) is 6.08 Å². The second-order valence-corrected chi connectivity index (χ2v) is 7.22. The lowest BCUT2D eigenvalue weighted by Crippen LogP contribution is -1.83. The van der Waals surface area contributed by atoms with E-state index in [1.165, 1.54) is 109 Å². The first-order valence-corrected chi connectivity index (χ1v) is 11.0. The molecule has 0 aromatic carbocycles. The van der Waals surface area contributed by atoms with Gasteiger partial charge in [-0.3, -0.25) is 0 Å². The zero-order chi connectivity index (χ0) is 18.3. The van der Waals surface area contributed by atoms with E-state index >= 15 is 0 Å². The highest BCUT2D eigenvalue weighted by Crippen LogP contribution is 2.14. The van der Waals surface area contributed by atoms with Crippen molar-refractivity contribution in [3.05, 3.63) is 24.3 Å². The van der Waals surface area contributed by atoms with Gasteiger partial charge in [-0.15, -0.1) is 0 Å². The highest BCUT2D eigenvalue weighted by molar-refractivity contribution is 4.91. The maximum Gasteiger partial charge on any atom is 0.100 e. The summed E-state index contributed by atoms with van der Waals surface area (Å²) in [5.41, 5.74) is 0. The largest absolute Gasteiger partial charge is 0.192 e. The van der Waals surface area contributed by atoms with Crippen LogP contribution in [-0.4, -0.2) is 0 Å². The normalized spacial score (nSPS) is 11.5. The summed E-state index contributed by atoms with van der Waals surface area (Å²) in [4.78, 5) is 0. The molecule has 143 valence electrons. The fourth-order valence-electron chi connectivity index (χ4n) is 3.21. The number of rotatable bonds is 19. The van der Waals surface area contributed by atoms with Gasteiger partial charge in [0.25, 0.3) is 0 Å². The van der Waals surface area contributed by atoms with E-state index in [1.54, 1.807) is 0 Å². The van der Waals surface area contributed by atoms with Crippen molar-refractivity contribution >= 4 is 0 Å². The third-order valence-corrected chi connectivity index (χ3v) is 4.79. The molecule has 0 unspecified atom stereocenters. The molecule has 0 bridgehead atoms. The molecule has 0 rings (SSSR count). The van der Waals surface area contributed by atoms with Crippen LogP contribution in [0.3, 0.4) is 0 Å². The maximum absolute atomic E-state index is 8.33. The van der Waals surface area contributed by atoms with Crippen LogP contribution in [0, 0.1) is 17.4 Å². The summed E-state index contributed by atoms with van der Waals surface area (Å²) < 4.78 is 0. The number of nitrogens with zero attached hydrogens (tertiary/aromatic N) is 1. The Balaban J connectivity index is 3.02. The molecule has 1 radical (unpaired) electrons. The van der Waals surface area contributed by atoms with Crippen LogP contribution in [0.4, 0.5) is 0 Å². The Morgan fingerprint density at radius 1 is 0.560 bits per heavy atom.